The molecule has 6 N–H and O–H groups in total. The second-order valence-corrected chi connectivity index (χ2v) is 17.6. The number of carboxylic acid groups (broad SMARTS) is 1. The van der Waals surface area contributed by atoms with Crippen molar-refractivity contribution in [2.75, 3.05) is 19.8 Å². The van der Waals surface area contributed by atoms with E-state index in [2.05, 4.69) is 48.8 Å². The maximum Gasteiger partial charge on any atom is 0.472 e. The maximum atomic E-state index is 12.7. The molecule has 0 aromatic heterocycles. The number of carboxylic acids is 1. The minimum absolute atomic E-state index is 0.114. The standard InChI is InChI=1S/C48H86NO12P/c1-3-5-7-9-11-13-15-17-18-19-20-21-22-23-25-27-29-31-33-37-46(52)58-39-42(40-59-62(56,57)60-41-43(49)48(54)55)61-47(53)38-34-36-45(51)44(50)35-32-30-28-26-24-16-14-12-10-8-6-4-2/h6,8,12,14,24,26,30,32,42-45,50-51H,3-5,7,9-11,13,15-23,25,27-29,31,33-41,49H2,1-2H3,(H,54,55)(H,56,57)/b8-6-,14-12-,26-24-,32-30-/t42-,43+,44-,45-/m1/s1. The van der Waals surface area contributed by atoms with Gasteiger partial charge in [-0.25, -0.2) is 4.57 Å². The summed E-state index contributed by atoms with van der Waals surface area (Å²) < 4.78 is 32.6. The summed E-state index contributed by atoms with van der Waals surface area (Å²) in [6.45, 7) is 2.41. The van der Waals surface area contributed by atoms with Crippen molar-refractivity contribution in [1.82, 2.24) is 0 Å². The number of aliphatic hydroxyl groups excluding tert-OH is 2. The van der Waals surface area contributed by atoms with Gasteiger partial charge in [0.25, 0.3) is 0 Å². The van der Waals surface area contributed by atoms with Crippen molar-refractivity contribution in [3.8, 4) is 0 Å². The Labute approximate surface area is 374 Å². The smallest absolute Gasteiger partial charge is 0.472 e. The molecule has 0 aromatic carbocycles. The molecule has 0 fully saturated rings. The molecule has 0 aromatic rings. The third-order valence-electron chi connectivity index (χ3n) is 10.3. The first kappa shape index (κ1) is 59.4. The molecule has 0 heterocycles. The number of allylic oxidation sites excluding steroid dienone is 7. The van der Waals surface area contributed by atoms with Gasteiger partial charge in [-0.05, 0) is 51.4 Å². The highest BCUT2D eigenvalue weighted by Gasteiger charge is 2.28. The Morgan fingerprint density at radius 1 is 0.565 bits per heavy atom. The van der Waals surface area contributed by atoms with E-state index < -0.39 is 69.9 Å². The van der Waals surface area contributed by atoms with Crippen LogP contribution in [0.1, 0.15) is 194 Å². The number of rotatable bonds is 44. The molecule has 62 heavy (non-hydrogen) atoms. The monoisotopic (exact) mass is 900 g/mol. The van der Waals surface area contributed by atoms with E-state index in [9.17, 15) is 34.1 Å². The zero-order valence-corrected chi connectivity index (χ0v) is 39.3. The Hall–Kier alpha value is -2.64. The summed E-state index contributed by atoms with van der Waals surface area (Å²) in [6.07, 6.45) is 40.6. The van der Waals surface area contributed by atoms with Crippen LogP contribution in [0, 0.1) is 0 Å². The average molecular weight is 900 g/mol. The first-order chi connectivity index (χ1) is 29.9. The van der Waals surface area contributed by atoms with Gasteiger partial charge >= 0.3 is 25.7 Å². The lowest BCUT2D eigenvalue weighted by Gasteiger charge is -2.20. The topological polar surface area (TPSA) is 212 Å². The number of aliphatic carboxylic acids is 1. The molecule has 0 bridgehead atoms. The lowest BCUT2D eigenvalue weighted by atomic mass is 10.0. The molecule has 1 unspecified atom stereocenters. The number of hydrogen-bond donors (Lipinski definition) is 5. The van der Waals surface area contributed by atoms with Crippen molar-refractivity contribution < 1.29 is 57.7 Å². The molecule has 5 atom stereocenters. The molecule has 14 heteroatoms. The summed E-state index contributed by atoms with van der Waals surface area (Å²) in [5, 5.41) is 29.7. The van der Waals surface area contributed by atoms with Crippen molar-refractivity contribution in [3.63, 3.8) is 0 Å². The number of unbranched alkanes of at least 4 members (excludes halogenated alkanes) is 18. The average Bonchev–Trinajstić information content (AvgIpc) is 3.24. The Morgan fingerprint density at radius 2 is 1.00 bits per heavy atom. The number of carbonyl (C=O) groups is 3. The Bertz CT molecular complexity index is 1270. The third-order valence-corrected chi connectivity index (χ3v) is 11.2. The number of carbonyl (C=O) groups excluding carboxylic acids is 2. The van der Waals surface area contributed by atoms with Gasteiger partial charge in [-0.2, -0.15) is 0 Å². The van der Waals surface area contributed by atoms with Crippen LogP contribution in [-0.4, -0.2) is 82.3 Å². The van der Waals surface area contributed by atoms with Gasteiger partial charge in [0.05, 0.1) is 25.4 Å². The summed E-state index contributed by atoms with van der Waals surface area (Å²) in [5.74, 6) is -2.70. The normalized spacial score (nSPS) is 15.1. The molecule has 0 aliphatic carbocycles. The van der Waals surface area contributed by atoms with E-state index in [1.807, 2.05) is 12.2 Å². The van der Waals surface area contributed by atoms with Crippen molar-refractivity contribution in [3.05, 3.63) is 48.6 Å². The van der Waals surface area contributed by atoms with Crippen LogP contribution in [0.5, 0.6) is 0 Å². The van der Waals surface area contributed by atoms with E-state index in [1.165, 1.54) is 96.3 Å². The summed E-state index contributed by atoms with van der Waals surface area (Å²) in [6, 6.07) is -1.57. The Kier molecular flexibility index (Phi) is 40.5. The zero-order valence-electron chi connectivity index (χ0n) is 38.4. The third kappa shape index (κ3) is 40.2. The fourth-order valence-electron chi connectivity index (χ4n) is 6.45. The van der Waals surface area contributed by atoms with Crippen molar-refractivity contribution >= 4 is 25.7 Å². The molecule has 360 valence electrons. The maximum absolute atomic E-state index is 12.7. The van der Waals surface area contributed by atoms with Gasteiger partial charge in [0.1, 0.15) is 12.6 Å². The van der Waals surface area contributed by atoms with Crippen molar-refractivity contribution in [2.45, 2.75) is 218 Å². The van der Waals surface area contributed by atoms with E-state index in [0.717, 1.165) is 38.5 Å². The SMILES string of the molecule is CC/C=C\C/C=C\C/C=C\C/C=C\C[C@@H](O)[C@H](O)CCCC(=O)O[C@H](COC(=O)CCCCCCCCCCCCCCCCCCCCC)COP(=O)(O)OC[C@H](N)C(=O)O. The summed E-state index contributed by atoms with van der Waals surface area (Å²) in [5.41, 5.74) is 5.33. The van der Waals surface area contributed by atoms with Crippen LogP contribution in [0.15, 0.2) is 48.6 Å². The fourth-order valence-corrected chi connectivity index (χ4v) is 7.23. The molecule has 0 radical (unpaired) electrons. The summed E-state index contributed by atoms with van der Waals surface area (Å²) in [4.78, 5) is 46.1. The van der Waals surface area contributed by atoms with Crippen LogP contribution in [0.4, 0.5) is 0 Å². The minimum atomic E-state index is -4.80. The summed E-state index contributed by atoms with van der Waals surface area (Å²) >= 11 is 0. The predicted molar refractivity (Wildman–Crippen MR) is 247 cm³/mol. The highest BCUT2D eigenvalue weighted by molar-refractivity contribution is 7.47. The van der Waals surface area contributed by atoms with E-state index in [-0.39, 0.29) is 32.1 Å². The van der Waals surface area contributed by atoms with Gasteiger partial charge in [-0.1, -0.05) is 178 Å². The first-order valence-corrected chi connectivity index (χ1v) is 25.3. The number of phosphoric acid groups is 1. The highest BCUT2D eigenvalue weighted by Crippen LogP contribution is 2.43. The van der Waals surface area contributed by atoms with Crippen LogP contribution in [0.25, 0.3) is 0 Å². The van der Waals surface area contributed by atoms with Gasteiger partial charge in [-0.15, -0.1) is 0 Å². The minimum Gasteiger partial charge on any atom is -0.480 e. The van der Waals surface area contributed by atoms with Crippen LogP contribution in [0.3, 0.4) is 0 Å². The number of esters is 2. The van der Waals surface area contributed by atoms with Gasteiger partial charge in [0.15, 0.2) is 6.10 Å². The molecule has 0 spiro atoms. The van der Waals surface area contributed by atoms with E-state index >= 15 is 0 Å². The number of nitrogens with two attached hydrogens (primary N) is 1. The molecule has 0 rings (SSSR count). The van der Waals surface area contributed by atoms with E-state index in [1.54, 1.807) is 6.08 Å². The highest BCUT2D eigenvalue weighted by atomic mass is 31.2. The van der Waals surface area contributed by atoms with Crippen molar-refractivity contribution in [2.24, 2.45) is 5.73 Å². The molecule has 0 aliphatic heterocycles. The Balaban J connectivity index is 4.50. The Morgan fingerprint density at radius 3 is 1.48 bits per heavy atom. The number of aliphatic hydroxyl groups is 2. The van der Waals surface area contributed by atoms with Gasteiger partial charge in [0.2, 0.25) is 0 Å². The van der Waals surface area contributed by atoms with Gasteiger partial charge < -0.3 is 35.4 Å². The van der Waals surface area contributed by atoms with Crippen LogP contribution >= 0.6 is 7.82 Å². The molecule has 13 nitrogen and oxygen atoms in total. The van der Waals surface area contributed by atoms with E-state index in [4.69, 9.17) is 24.8 Å². The first-order valence-electron chi connectivity index (χ1n) is 23.8. The molecule has 0 amide bonds. The quantitative estimate of drug-likeness (QED) is 0.0167. The van der Waals surface area contributed by atoms with E-state index in [0.29, 0.717) is 12.8 Å². The zero-order chi connectivity index (χ0) is 45.9. The summed E-state index contributed by atoms with van der Waals surface area (Å²) in [7, 11) is -4.80. The molecular formula is C48H86NO12P. The van der Waals surface area contributed by atoms with Crippen LogP contribution < -0.4 is 5.73 Å². The van der Waals surface area contributed by atoms with Crippen LogP contribution in [-0.2, 0) is 37.5 Å². The molecule has 0 saturated carbocycles. The van der Waals surface area contributed by atoms with Gasteiger partial charge in [0, 0.05) is 12.8 Å². The molecule has 0 aliphatic rings. The molecular weight excluding hydrogens is 813 g/mol. The second-order valence-electron chi connectivity index (χ2n) is 16.2. The van der Waals surface area contributed by atoms with Crippen molar-refractivity contribution in [1.29, 1.82) is 0 Å². The number of phosphoric ester groups is 1. The predicted octanol–water partition coefficient (Wildman–Crippen LogP) is 10.9. The number of ether oxygens (including phenoxy) is 2. The lowest BCUT2D eigenvalue weighted by molar-refractivity contribution is -0.161. The van der Waals surface area contributed by atoms with Gasteiger partial charge in [-0.3, -0.25) is 23.4 Å². The second kappa shape index (κ2) is 42.3. The number of hydrogen-bond acceptors (Lipinski definition) is 11. The molecule has 0 saturated heterocycles. The van der Waals surface area contributed by atoms with Crippen LogP contribution in [0.2, 0.25) is 0 Å². The lowest BCUT2D eigenvalue weighted by Crippen LogP contribution is -2.34. The largest absolute Gasteiger partial charge is 0.480 e. The fraction of sp³-hybridized carbons (Fsp3) is 0.771.